The molecule has 0 aromatic heterocycles. The number of amides is 1. The van der Waals surface area contributed by atoms with Crippen molar-refractivity contribution in [2.24, 2.45) is 0 Å². The highest BCUT2D eigenvalue weighted by Gasteiger charge is 2.16. The average molecular weight is 290 g/mol. The van der Waals surface area contributed by atoms with Crippen LogP contribution < -0.4 is 5.32 Å². The van der Waals surface area contributed by atoms with Crippen molar-refractivity contribution in [1.29, 1.82) is 0 Å². The largest absolute Gasteiger partial charge is 0.507 e. The van der Waals surface area contributed by atoms with Crippen molar-refractivity contribution in [3.63, 3.8) is 0 Å². The van der Waals surface area contributed by atoms with Gasteiger partial charge in [0.1, 0.15) is 5.75 Å². The van der Waals surface area contributed by atoms with Gasteiger partial charge in [0.25, 0.3) is 5.91 Å². The monoisotopic (exact) mass is 289 g/mol. The van der Waals surface area contributed by atoms with Crippen LogP contribution in [0, 0.1) is 0 Å². The van der Waals surface area contributed by atoms with Gasteiger partial charge in [-0.15, -0.1) is 0 Å². The van der Waals surface area contributed by atoms with E-state index in [1.807, 2.05) is 25.1 Å². The lowest BCUT2D eigenvalue weighted by Gasteiger charge is -2.12. The summed E-state index contributed by atoms with van der Waals surface area (Å²) in [6.07, 6.45) is 0.843. The summed E-state index contributed by atoms with van der Waals surface area (Å²) in [5, 5.41) is 13.4. The minimum Gasteiger partial charge on any atom is -0.507 e. The van der Waals surface area contributed by atoms with Crippen LogP contribution in [0.1, 0.15) is 23.7 Å². The van der Waals surface area contributed by atoms with Gasteiger partial charge in [0.05, 0.1) is 5.56 Å². The van der Waals surface area contributed by atoms with Crippen LogP contribution in [0.3, 0.4) is 0 Å². The van der Waals surface area contributed by atoms with Gasteiger partial charge >= 0.3 is 0 Å². The van der Waals surface area contributed by atoms with Crippen LogP contribution in [0.4, 0.5) is 0 Å². The SMILES string of the molecule is CCCNC(=O)c1c(O)cccc1-c1ccc(Cl)cc1. The number of phenolic OH excluding ortho intramolecular Hbond substituents is 1. The number of hydrogen-bond acceptors (Lipinski definition) is 2. The Morgan fingerprint density at radius 1 is 1.20 bits per heavy atom. The summed E-state index contributed by atoms with van der Waals surface area (Å²) >= 11 is 5.87. The van der Waals surface area contributed by atoms with Gasteiger partial charge in [-0.05, 0) is 35.7 Å². The number of phenols is 1. The molecule has 0 heterocycles. The second-order valence-electron chi connectivity index (χ2n) is 4.46. The molecule has 2 rings (SSSR count). The molecule has 0 radical (unpaired) electrons. The first-order chi connectivity index (χ1) is 9.63. The third-order valence-corrected chi connectivity index (χ3v) is 3.21. The quantitative estimate of drug-likeness (QED) is 0.898. The predicted octanol–water partition coefficient (Wildman–Crippen LogP) is 3.85. The molecule has 2 N–H and O–H groups in total. The molecule has 2 aromatic rings. The lowest BCUT2D eigenvalue weighted by Crippen LogP contribution is -2.24. The van der Waals surface area contributed by atoms with Crippen LogP contribution in [-0.2, 0) is 0 Å². The molecule has 0 aliphatic carbocycles. The molecule has 104 valence electrons. The molecular weight excluding hydrogens is 274 g/mol. The summed E-state index contributed by atoms with van der Waals surface area (Å²) in [7, 11) is 0. The van der Waals surface area contributed by atoms with E-state index in [2.05, 4.69) is 5.32 Å². The molecule has 0 fully saturated rings. The number of nitrogens with one attached hydrogen (secondary N) is 1. The Bertz CT molecular complexity index is 608. The number of benzene rings is 2. The summed E-state index contributed by atoms with van der Waals surface area (Å²) in [6, 6.07) is 12.2. The van der Waals surface area contributed by atoms with Gasteiger partial charge in [-0.3, -0.25) is 4.79 Å². The number of hydrogen-bond donors (Lipinski definition) is 2. The van der Waals surface area contributed by atoms with Gasteiger partial charge in [0.2, 0.25) is 0 Å². The summed E-state index contributed by atoms with van der Waals surface area (Å²) < 4.78 is 0. The minimum absolute atomic E-state index is 0.0222. The Balaban J connectivity index is 2.45. The number of carbonyl (C=O) groups excluding carboxylic acids is 1. The summed E-state index contributed by atoms with van der Waals surface area (Å²) in [6.45, 7) is 2.55. The Hall–Kier alpha value is -2.00. The van der Waals surface area contributed by atoms with E-state index in [0.29, 0.717) is 22.7 Å². The van der Waals surface area contributed by atoms with Gasteiger partial charge < -0.3 is 10.4 Å². The molecule has 1 amide bonds. The fourth-order valence-corrected chi connectivity index (χ4v) is 2.10. The molecule has 0 saturated carbocycles. The zero-order valence-corrected chi connectivity index (χ0v) is 11.9. The first-order valence-corrected chi connectivity index (χ1v) is 6.87. The zero-order chi connectivity index (χ0) is 14.5. The zero-order valence-electron chi connectivity index (χ0n) is 11.2. The third kappa shape index (κ3) is 3.11. The van der Waals surface area contributed by atoms with Gasteiger partial charge in [-0.25, -0.2) is 0 Å². The molecule has 2 aromatic carbocycles. The number of halogens is 1. The van der Waals surface area contributed by atoms with Crippen LogP contribution in [0.15, 0.2) is 42.5 Å². The van der Waals surface area contributed by atoms with E-state index in [4.69, 9.17) is 11.6 Å². The van der Waals surface area contributed by atoms with E-state index in [9.17, 15) is 9.90 Å². The van der Waals surface area contributed by atoms with Crippen molar-refractivity contribution < 1.29 is 9.90 Å². The molecule has 20 heavy (non-hydrogen) atoms. The standard InChI is InChI=1S/C16H16ClNO2/c1-2-10-18-16(20)15-13(4-3-5-14(15)19)11-6-8-12(17)9-7-11/h3-9,19H,2,10H2,1H3,(H,18,20). The number of rotatable bonds is 4. The van der Waals surface area contributed by atoms with Gasteiger partial charge in [0, 0.05) is 11.6 Å². The van der Waals surface area contributed by atoms with Crippen LogP contribution in [-0.4, -0.2) is 17.6 Å². The maximum absolute atomic E-state index is 12.2. The predicted molar refractivity (Wildman–Crippen MR) is 81.2 cm³/mol. The van der Waals surface area contributed by atoms with Crippen LogP contribution in [0.25, 0.3) is 11.1 Å². The highest BCUT2D eigenvalue weighted by atomic mass is 35.5. The van der Waals surface area contributed by atoms with Crippen molar-refractivity contribution in [2.45, 2.75) is 13.3 Å². The smallest absolute Gasteiger partial charge is 0.255 e. The van der Waals surface area contributed by atoms with Crippen LogP contribution in [0.2, 0.25) is 5.02 Å². The Labute approximate surface area is 123 Å². The number of aromatic hydroxyl groups is 1. The molecule has 0 atom stereocenters. The van der Waals surface area contributed by atoms with Crippen LogP contribution in [0.5, 0.6) is 5.75 Å². The van der Waals surface area contributed by atoms with Crippen molar-refractivity contribution in [2.75, 3.05) is 6.54 Å². The molecule has 3 nitrogen and oxygen atoms in total. The average Bonchev–Trinajstić information content (AvgIpc) is 2.45. The highest BCUT2D eigenvalue weighted by molar-refractivity contribution is 6.30. The van der Waals surface area contributed by atoms with E-state index in [0.717, 1.165) is 12.0 Å². The van der Waals surface area contributed by atoms with E-state index in [1.54, 1.807) is 18.2 Å². The van der Waals surface area contributed by atoms with Gasteiger partial charge in [-0.1, -0.05) is 42.8 Å². The molecular formula is C16H16ClNO2. The van der Waals surface area contributed by atoms with E-state index in [1.165, 1.54) is 6.07 Å². The van der Waals surface area contributed by atoms with Crippen molar-refractivity contribution in [1.82, 2.24) is 5.32 Å². The second-order valence-corrected chi connectivity index (χ2v) is 4.90. The van der Waals surface area contributed by atoms with Crippen molar-refractivity contribution >= 4 is 17.5 Å². The Kier molecular flexibility index (Phi) is 4.64. The fourth-order valence-electron chi connectivity index (χ4n) is 1.98. The van der Waals surface area contributed by atoms with Gasteiger partial charge in [0.15, 0.2) is 0 Å². The van der Waals surface area contributed by atoms with Crippen molar-refractivity contribution in [3.8, 4) is 16.9 Å². The molecule has 0 saturated heterocycles. The molecule has 4 heteroatoms. The summed E-state index contributed by atoms with van der Waals surface area (Å²) in [4.78, 5) is 12.2. The highest BCUT2D eigenvalue weighted by Crippen LogP contribution is 2.30. The molecule has 0 bridgehead atoms. The first kappa shape index (κ1) is 14.4. The molecule has 0 unspecified atom stereocenters. The molecule has 0 aliphatic heterocycles. The Morgan fingerprint density at radius 3 is 2.55 bits per heavy atom. The maximum atomic E-state index is 12.2. The second kappa shape index (κ2) is 6.44. The van der Waals surface area contributed by atoms with E-state index < -0.39 is 0 Å². The molecule has 0 spiro atoms. The number of carbonyl (C=O) groups is 1. The van der Waals surface area contributed by atoms with Crippen molar-refractivity contribution in [3.05, 3.63) is 53.1 Å². The molecule has 0 aliphatic rings. The summed E-state index contributed by atoms with van der Waals surface area (Å²) in [5.74, 6) is -0.291. The normalized spacial score (nSPS) is 10.3. The first-order valence-electron chi connectivity index (χ1n) is 6.49. The fraction of sp³-hybridized carbons (Fsp3) is 0.188. The topological polar surface area (TPSA) is 49.3 Å². The lowest BCUT2D eigenvalue weighted by atomic mass is 9.98. The minimum atomic E-state index is -0.269. The van der Waals surface area contributed by atoms with Gasteiger partial charge in [-0.2, -0.15) is 0 Å². The maximum Gasteiger partial charge on any atom is 0.255 e. The summed E-state index contributed by atoms with van der Waals surface area (Å²) in [5.41, 5.74) is 1.82. The van der Waals surface area contributed by atoms with E-state index >= 15 is 0 Å². The lowest BCUT2D eigenvalue weighted by molar-refractivity contribution is 0.0951. The Morgan fingerprint density at radius 2 is 1.90 bits per heavy atom. The van der Waals surface area contributed by atoms with E-state index in [-0.39, 0.29) is 11.7 Å². The van der Waals surface area contributed by atoms with Crippen LogP contribution >= 0.6 is 11.6 Å². The third-order valence-electron chi connectivity index (χ3n) is 2.96.